The number of epoxide rings is 1. The highest BCUT2D eigenvalue weighted by molar-refractivity contribution is 7.97. The predicted octanol–water partition coefficient (Wildman–Crippen LogP) is 5.28. The first kappa shape index (κ1) is 37.9. The zero-order valence-electron chi connectivity index (χ0n) is 29.4. The molecule has 1 aromatic rings. The SMILES string of the molecule is CC(=O)OC(C)C=CC(=O)NC1CC(C)C(CC=C(C)C=CC2CC3(CO3)CC(CC(=O)NCc3ccc(SN(C)C)cc3)O2)OC1C. The highest BCUT2D eigenvalue weighted by atomic mass is 32.2. The molecule has 0 saturated carbocycles. The molecular weight excluding hydrogens is 630 g/mol. The summed E-state index contributed by atoms with van der Waals surface area (Å²) in [5, 5.41) is 6.08. The Labute approximate surface area is 290 Å². The van der Waals surface area contributed by atoms with Crippen LogP contribution in [0.2, 0.25) is 0 Å². The first-order valence-electron chi connectivity index (χ1n) is 17.0. The third kappa shape index (κ3) is 12.5. The van der Waals surface area contributed by atoms with E-state index >= 15 is 0 Å². The van der Waals surface area contributed by atoms with E-state index in [4.69, 9.17) is 18.9 Å². The third-order valence-corrected chi connectivity index (χ3v) is 9.72. The van der Waals surface area contributed by atoms with Gasteiger partial charge in [0.15, 0.2) is 0 Å². The van der Waals surface area contributed by atoms with Crippen molar-refractivity contribution in [2.24, 2.45) is 5.92 Å². The lowest BCUT2D eigenvalue weighted by atomic mass is 9.88. The minimum Gasteiger partial charge on any atom is -0.459 e. The van der Waals surface area contributed by atoms with Gasteiger partial charge in [0.25, 0.3) is 0 Å². The summed E-state index contributed by atoms with van der Waals surface area (Å²) in [6, 6.07) is 8.12. The molecule has 3 aliphatic heterocycles. The molecule has 0 aliphatic carbocycles. The summed E-state index contributed by atoms with van der Waals surface area (Å²) in [6.07, 6.45) is 11.9. The van der Waals surface area contributed by atoms with E-state index < -0.39 is 6.10 Å². The van der Waals surface area contributed by atoms with Crippen molar-refractivity contribution in [1.82, 2.24) is 14.9 Å². The van der Waals surface area contributed by atoms with E-state index in [9.17, 15) is 14.4 Å². The van der Waals surface area contributed by atoms with Gasteiger partial charge in [0.05, 0.1) is 49.1 Å². The second-order valence-corrected chi connectivity index (χ2v) is 15.0. The maximum atomic E-state index is 12.8. The number of rotatable bonds is 14. The average Bonchev–Trinajstić information content (AvgIpc) is 3.76. The van der Waals surface area contributed by atoms with Crippen molar-refractivity contribution in [2.45, 2.75) is 120 Å². The van der Waals surface area contributed by atoms with Crippen molar-refractivity contribution >= 4 is 29.7 Å². The number of nitrogens with zero attached hydrogens (tertiary/aromatic N) is 1. The van der Waals surface area contributed by atoms with Crippen LogP contribution in [0.5, 0.6) is 0 Å². The summed E-state index contributed by atoms with van der Waals surface area (Å²) in [5.41, 5.74) is 2.00. The van der Waals surface area contributed by atoms with Gasteiger partial charge < -0.3 is 29.6 Å². The maximum Gasteiger partial charge on any atom is 0.303 e. The second kappa shape index (κ2) is 17.6. The number of esters is 1. The van der Waals surface area contributed by atoms with Gasteiger partial charge in [-0.25, -0.2) is 0 Å². The number of hydrogen-bond acceptors (Lipinski definition) is 9. The summed E-state index contributed by atoms with van der Waals surface area (Å²) in [5.74, 6) is -0.381. The number of ether oxygens (including phenoxy) is 4. The van der Waals surface area contributed by atoms with E-state index in [2.05, 4.69) is 54.8 Å². The van der Waals surface area contributed by atoms with Crippen LogP contribution in [0.4, 0.5) is 0 Å². The first-order chi connectivity index (χ1) is 22.8. The second-order valence-electron chi connectivity index (χ2n) is 13.6. The molecule has 4 rings (SSSR count). The lowest BCUT2D eigenvalue weighted by Gasteiger charge is -2.39. The Morgan fingerprint density at radius 3 is 2.50 bits per heavy atom. The van der Waals surface area contributed by atoms with Crippen LogP contribution in [0.1, 0.15) is 72.3 Å². The van der Waals surface area contributed by atoms with Crippen LogP contribution < -0.4 is 10.6 Å². The number of allylic oxidation sites excluding steroid dienone is 2. The Morgan fingerprint density at radius 2 is 1.83 bits per heavy atom. The van der Waals surface area contributed by atoms with Crippen molar-refractivity contribution < 1.29 is 33.3 Å². The molecule has 10 nitrogen and oxygen atoms in total. The van der Waals surface area contributed by atoms with E-state index in [-0.39, 0.29) is 59.8 Å². The fourth-order valence-electron chi connectivity index (χ4n) is 6.24. The first-order valence-corrected chi connectivity index (χ1v) is 17.7. The highest BCUT2D eigenvalue weighted by Gasteiger charge is 2.51. The van der Waals surface area contributed by atoms with E-state index in [0.717, 1.165) is 41.7 Å². The van der Waals surface area contributed by atoms with Gasteiger partial charge in [-0.2, -0.15) is 0 Å². The van der Waals surface area contributed by atoms with Crippen LogP contribution in [-0.4, -0.2) is 85.0 Å². The lowest BCUT2D eigenvalue weighted by molar-refractivity contribution is -0.143. The molecule has 3 fully saturated rings. The quantitative estimate of drug-likeness (QED) is 0.0889. The largest absolute Gasteiger partial charge is 0.459 e. The molecule has 48 heavy (non-hydrogen) atoms. The predicted molar refractivity (Wildman–Crippen MR) is 187 cm³/mol. The molecule has 3 heterocycles. The number of amides is 2. The summed E-state index contributed by atoms with van der Waals surface area (Å²) >= 11 is 1.66. The van der Waals surface area contributed by atoms with Crippen molar-refractivity contribution in [3.63, 3.8) is 0 Å². The fraction of sp³-hybridized carbons (Fsp3) is 0.595. The molecule has 0 bridgehead atoms. The smallest absolute Gasteiger partial charge is 0.303 e. The Bertz CT molecular complexity index is 1340. The van der Waals surface area contributed by atoms with Gasteiger partial charge >= 0.3 is 5.97 Å². The third-order valence-electron chi connectivity index (χ3n) is 8.87. The molecule has 8 atom stereocenters. The summed E-state index contributed by atoms with van der Waals surface area (Å²) in [6.45, 7) is 10.5. The van der Waals surface area contributed by atoms with Crippen molar-refractivity contribution in [3.05, 3.63) is 65.8 Å². The van der Waals surface area contributed by atoms with Gasteiger partial charge in [-0.3, -0.25) is 18.7 Å². The zero-order chi connectivity index (χ0) is 34.8. The molecule has 11 heteroatoms. The molecule has 3 saturated heterocycles. The Hall–Kier alpha value is -2.96. The molecule has 8 unspecified atom stereocenters. The van der Waals surface area contributed by atoms with Crippen molar-refractivity contribution in [2.75, 3.05) is 20.7 Å². The standard InChI is InChI=1S/C37H53N3O7S/c1-24(9-16-34-25(2)18-33(27(4)46-34)39-35(42)17-10-26(3)45-28(5)41)8-13-30-20-37(23-44-37)21-31(47-30)19-36(43)38-22-29-11-14-32(15-12-29)48-40(6)7/h8-15,17,25-27,30-31,33-34H,16,18-23H2,1-7H3,(H,38,43)(H,39,42). The van der Waals surface area contributed by atoms with Gasteiger partial charge in [-0.05, 0) is 89.3 Å². The van der Waals surface area contributed by atoms with Crippen LogP contribution in [-0.2, 0) is 39.9 Å². The molecule has 2 N–H and O–H groups in total. The van der Waals surface area contributed by atoms with Gasteiger partial charge in [0.2, 0.25) is 11.8 Å². The molecule has 0 aromatic heterocycles. The van der Waals surface area contributed by atoms with Crippen LogP contribution in [0.25, 0.3) is 0 Å². The zero-order valence-corrected chi connectivity index (χ0v) is 30.2. The number of carbonyl (C=O) groups is 3. The normalized spacial score (nSPS) is 29.7. The highest BCUT2D eigenvalue weighted by Crippen LogP contribution is 2.43. The van der Waals surface area contributed by atoms with Crippen LogP contribution in [0, 0.1) is 5.92 Å². The fourth-order valence-corrected chi connectivity index (χ4v) is 6.91. The Balaban J connectivity index is 1.21. The molecule has 1 spiro atoms. The van der Waals surface area contributed by atoms with E-state index in [0.29, 0.717) is 19.6 Å². The summed E-state index contributed by atoms with van der Waals surface area (Å²) in [7, 11) is 4.02. The number of hydrogen-bond donors (Lipinski definition) is 2. The maximum absolute atomic E-state index is 12.8. The van der Waals surface area contributed by atoms with Gasteiger partial charge in [0, 0.05) is 37.3 Å². The minimum absolute atomic E-state index is 0.0220. The minimum atomic E-state index is -0.464. The topological polar surface area (TPSA) is 119 Å². The molecule has 1 aromatic carbocycles. The number of nitrogens with one attached hydrogen (secondary N) is 2. The van der Waals surface area contributed by atoms with Crippen LogP contribution in [0.15, 0.2) is 65.1 Å². The van der Waals surface area contributed by atoms with Crippen LogP contribution in [0.3, 0.4) is 0 Å². The number of benzene rings is 1. The molecule has 2 amide bonds. The van der Waals surface area contributed by atoms with E-state index in [1.54, 1.807) is 24.9 Å². The molecule has 0 radical (unpaired) electrons. The van der Waals surface area contributed by atoms with E-state index in [1.807, 2.05) is 37.5 Å². The monoisotopic (exact) mass is 683 g/mol. The molecule has 3 aliphatic rings. The van der Waals surface area contributed by atoms with E-state index in [1.165, 1.54) is 13.0 Å². The van der Waals surface area contributed by atoms with Gasteiger partial charge in [-0.1, -0.05) is 42.9 Å². The molecule has 264 valence electrons. The van der Waals surface area contributed by atoms with Crippen molar-refractivity contribution in [1.29, 1.82) is 0 Å². The summed E-state index contributed by atoms with van der Waals surface area (Å²) < 4.78 is 25.6. The summed E-state index contributed by atoms with van der Waals surface area (Å²) in [4.78, 5) is 37.5. The number of carbonyl (C=O) groups excluding carboxylic acids is 3. The van der Waals surface area contributed by atoms with Gasteiger partial charge in [-0.15, -0.1) is 0 Å². The Kier molecular flexibility index (Phi) is 13.9. The van der Waals surface area contributed by atoms with Gasteiger partial charge in [0.1, 0.15) is 6.10 Å². The Morgan fingerprint density at radius 1 is 1.10 bits per heavy atom. The molecular formula is C37H53N3O7S. The lowest BCUT2D eigenvalue weighted by Crippen LogP contribution is -2.50. The average molecular weight is 684 g/mol. The van der Waals surface area contributed by atoms with Crippen molar-refractivity contribution in [3.8, 4) is 0 Å². The van der Waals surface area contributed by atoms with Crippen LogP contribution >= 0.6 is 11.9 Å².